The van der Waals surface area contributed by atoms with Gasteiger partial charge in [-0.2, -0.15) is 0 Å². The molecule has 2 heterocycles. The fourth-order valence-electron chi connectivity index (χ4n) is 2.00. The average Bonchev–Trinajstić information content (AvgIpc) is 3.29. The minimum absolute atomic E-state index is 0.161. The zero-order valence-corrected chi connectivity index (χ0v) is 15.4. The second kappa shape index (κ2) is 8.13. The van der Waals surface area contributed by atoms with Gasteiger partial charge in [0.2, 0.25) is 11.2 Å². The molecule has 0 saturated heterocycles. The van der Waals surface area contributed by atoms with Crippen molar-refractivity contribution in [2.24, 2.45) is 0 Å². The van der Waals surface area contributed by atoms with Crippen molar-refractivity contribution < 1.29 is 18.7 Å². The molecule has 1 N–H and O–H groups in total. The Labute approximate surface area is 153 Å². The molecule has 130 valence electrons. The molecule has 3 aromatic rings. The van der Waals surface area contributed by atoms with E-state index in [1.54, 1.807) is 18.0 Å². The van der Waals surface area contributed by atoms with Gasteiger partial charge in [0.1, 0.15) is 5.75 Å². The molecule has 0 fully saturated rings. The third kappa shape index (κ3) is 4.58. The van der Waals surface area contributed by atoms with Crippen LogP contribution in [0.1, 0.15) is 6.92 Å². The first-order chi connectivity index (χ1) is 12.2. The molecule has 0 unspecified atom stereocenters. The number of benzene rings is 1. The first kappa shape index (κ1) is 17.4. The number of rotatable bonds is 7. The number of carbonyl (C=O) groups excluding carboxylic acids is 1. The van der Waals surface area contributed by atoms with Crippen LogP contribution in [0.3, 0.4) is 0 Å². The van der Waals surface area contributed by atoms with Crippen molar-refractivity contribution in [1.29, 1.82) is 0 Å². The smallest absolute Gasteiger partial charge is 0.302 e. The number of anilines is 1. The summed E-state index contributed by atoms with van der Waals surface area (Å²) in [5, 5.41) is 8.40. The summed E-state index contributed by atoms with van der Waals surface area (Å²) in [6.45, 7) is 2.62. The van der Waals surface area contributed by atoms with E-state index in [1.807, 2.05) is 36.6 Å². The number of aromatic nitrogens is 3. The van der Waals surface area contributed by atoms with Crippen LogP contribution in [-0.4, -0.2) is 29.0 Å². The number of nitrogens with one attached hydrogen (secondary N) is 1. The lowest BCUT2D eigenvalue weighted by atomic mass is 10.2. The molecule has 1 aromatic carbocycles. The fourth-order valence-corrected chi connectivity index (χ4v) is 3.64. The van der Waals surface area contributed by atoms with Crippen LogP contribution in [0, 0.1) is 0 Å². The van der Waals surface area contributed by atoms with Gasteiger partial charge in [-0.25, -0.2) is 4.98 Å². The van der Waals surface area contributed by atoms with Crippen LogP contribution in [-0.2, 0) is 11.3 Å². The van der Waals surface area contributed by atoms with E-state index in [0.29, 0.717) is 12.4 Å². The van der Waals surface area contributed by atoms with Gasteiger partial charge in [0.05, 0.1) is 18.6 Å². The quantitative estimate of drug-likeness (QED) is 0.504. The van der Waals surface area contributed by atoms with Crippen molar-refractivity contribution in [3.05, 3.63) is 35.8 Å². The highest BCUT2D eigenvalue weighted by Gasteiger charge is 2.13. The molecule has 2 aromatic heterocycles. The summed E-state index contributed by atoms with van der Waals surface area (Å²) in [6.07, 6.45) is 1.65. The van der Waals surface area contributed by atoms with Crippen LogP contribution in [0.25, 0.3) is 11.3 Å². The second-order valence-electron chi connectivity index (χ2n) is 4.99. The number of ether oxygens (including phenoxy) is 1. The summed E-state index contributed by atoms with van der Waals surface area (Å²) in [5.74, 6) is 1.24. The Morgan fingerprint density at radius 1 is 1.40 bits per heavy atom. The molecule has 0 bridgehead atoms. The highest BCUT2D eigenvalue weighted by molar-refractivity contribution is 8.01. The van der Waals surface area contributed by atoms with E-state index in [1.165, 1.54) is 23.1 Å². The number of thioether (sulfide) groups is 1. The molecule has 0 aliphatic rings. The van der Waals surface area contributed by atoms with Crippen LogP contribution >= 0.6 is 23.1 Å². The number of thiazole rings is 1. The Morgan fingerprint density at radius 2 is 2.20 bits per heavy atom. The van der Waals surface area contributed by atoms with Gasteiger partial charge in [-0.3, -0.25) is 14.6 Å². The molecular weight excluding hydrogens is 360 g/mol. The predicted molar refractivity (Wildman–Crippen MR) is 95.8 cm³/mol. The maximum absolute atomic E-state index is 12.0. The van der Waals surface area contributed by atoms with Gasteiger partial charge < -0.3 is 4.74 Å². The zero-order valence-electron chi connectivity index (χ0n) is 13.8. The van der Waals surface area contributed by atoms with E-state index in [4.69, 9.17) is 9.26 Å². The molecule has 7 nitrogen and oxygen atoms in total. The minimum atomic E-state index is -0.161. The maximum Gasteiger partial charge on any atom is 0.302 e. The Kier molecular flexibility index (Phi) is 5.67. The monoisotopic (exact) mass is 377 g/mol. The topological polar surface area (TPSA) is 81.1 Å². The third-order valence-corrected chi connectivity index (χ3v) is 5.31. The van der Waals surface area contributed by atoms with Crippen molar-refractivity contribution in [3.8, 4) is 17.0 Å². The third-order valence-electron chi connectivity index (χ3n) is 3.29. The summed E-state index contributed by atoms with van der Waals surface area (Å²) >= 11 is 2.90. The van der Waals surface area contributed by atoms with Crippen molar-refractivity contribution in [2.45, 2.75) is 17.8 Å². The van der Waals surface area contributed by atoms with E-state index in [9.17, 15) is 4.79 Å². The number of amides is 1. The Balaban J connectivity index is 1.54. The van der Waals surface area contributed by atoms with Crippen LogP contribution in [0.4, 0.5) is 5.88 Å². The van der Waals surface area contributed by atoms with Gasteiger partial charge >= 0.3 is 5.88 Å². The van der Waals surface area contributed by atoms with E-state index in [2.05, 4.69) is 15.6 Å². The number of methoxy groups -OCH3 is 1. The van der Waals surface area contributed by atoms with Crippen LogP contribution in [0.5, 0.6) is 5.75 Å². The number of aryl methyl sites for hydroxylation is 1. The van der Waals surface area contributed by atoms with Crippen molar-refractivity contribution in [2.75, 3.05) is 18.2 Å². The van der Waals surface area contributed by atoms with E-state index in [-0.39, 0.29) is 11.7 Å². The molecule has 0 saturated carbocycles. The van der Waals surface area contributed by atoms with Gasteiger partial charge in [0, 0.05) is 10.9 Å². The second-order valence-corrected chi connectivity index (χ2v) is 7.07. The van der Waals surface area contributed by atoms with E-state index in [0.717, 1.165) is 21.3 Å². The van der Waals surface area contributed by atoms with Crippen molar-refractivity contribution >= 4 is 34.9 Å². The summed E-state index contributed by atoms with van der Waals surface area (Å²) in [7, 11) is 1.64. The normalized spacial score (nSPS) is 10.6. The number of hydrogen-bond donors (Lipinski definition) is 1. The molecule has 3 rings (SSSR count). The predicted octanol–water partition coefficient (Wildman–Crippen LogP) is 2.84. The summed E-state index contributed by atoms with van der Waals surface area (Å²) in [5.41, 5.74) is 1.90. The standard InChI is InChI=1S/C16H16N4O3S2/c1-3-20-8-15(23-19-20)18-14(21)10-25-16-17-13(9-24-16)11-4-6-12(22-2)7-5-11/h4-9H,3,10H2,1-2H3/p+1. The molecular formula is C16H17N4O3S2+. The first-order valence-corrected chi connectivity index (χ1v) is 9.43. The lowest BCUT2D eigenvalue weighted by Gasteiger charge is -2.00. The number of hydrogen-bond acceptors (Lipinski definition) is 7. The van der Waals surface area contributed by atoms with Crippen molar-refractivity contribution in [3.63, 3.8) is 0 Å². The lowest BCUT2D eigenvalue weighted by Crippen LogP contribution is -2.32. The summed E-state index contributed by atoms with van der Waals surface area (Å²) in [4.78, 5) is 16.5. The summed E-state index contributed by atoms with van der Waals surface area (Å²) < 4.78 is 12.6. The fraction of sp³-hybridized carbons (Fsp3) is 0.250. The van der Waals surface area contributed by atoms with Gasteiger partial charge in [0.25, 0.3) is 6.20 Å². The maximum atomic E-state index is 12.0. The highest BCUT2D eigenvalue weighted by atomic mass is 32.2. The first-order valence-electron chi connectivity index (χ1n) is 7.57. The molecule has 1 amide bonds. The SMILES string of the molecule is CC[n+]1cc(NC(=O)CSc2nc(-c3ccc(OC)cc3)cs2)on1. The lowest BCUT2D eigenvalue weighted by molar-refractivity contribution is -0.759. The van der Waals surface area contributed by atoms with Crippen LogP contribution in [0.2, 0.25) is 0 Å². The Bertz CT molecular complexity index is 845. The molecule has 0 aliphatic carbocycles. The molecule has 0 radical (unpaired) electrons. The average molecular weight is 377 g/mol. The highest BCUT2D eigenvalue weighted by Crippen LogP contribution is 2.29. The van der Waals surface area contributed by atoms with Crippen molar-refractivity contribution in [1.82, 2.24) is 10.3 Å². The minimum Gasteiger partial charge on any atom is -0.497 e. The van der Waals surface area contributed by atoms with Gasteiger partial charge in [-0.15, -0.1) is 11.3 Å². The van der Waals surface area contributed by atoms with Gasteiger partial charge in [-0.05, 0) is 31.2 Å². The van der Waals surface area contributed by atoms with E-state index >= 15 is 0 Å². The summed E-state index contributed by atoms with van der Waals surface area (Å²) in [6, 6.07) is 7.72. The Morgan fingerprint density at radius 3 is 2.88 bits per heavy atom. The molecule has 9 heteroatoms. The molecule has 25 heavy (non-hydrogen) atoms. The molecule has 0 aliphatic heterocycles. The van der Waals surface area contributed by atoms with E-state index < -0.39 is 0 Å². The van der Waals surface area contributed by atoms with Crippen LogP contribution in [0.15, 0.2) is 44.7 Å². The van der Waals surface area contributed by atoms with Gasteiger partial charge in [0.15, 0.2) is 10.9 Å². The van der Waals surface area contributed by atoms with Gasteiger partial charge in [-0.1, -0.05) is 16.4 Å². The molecule has 0 atom stereocenters. The number of carbonyl (C=O) groups is 1. The number of nitrogens with zero attached hydrogens (tertiary/aromatic N) is 3. The molecule has 0 spiro atoms. The Hall–Kier alpha value is -2.39. The largest absolute Gasteiger partial charge is 0.497 e. The zero-order chi connectivity index (χ0) is 17.6. The van der Waals surface area contributed by atoms with Crippen LogP contribution < -0.4 is 14.7 Å².